The molecule has 0 atom stereocenters. The van der Waals surface area contributed by atoms with Crippen molar-refractivity contribution in [2.45, 2.75) is 19.9 Å². The molecule has 0 aliphatic heterocycles. The average Bonchev–Trinajstić information content (AvgIpc) is 3.32. The number of halogens is 1. The van der Waals surface area contributed by atoms with Gasteiger partial charge in [-0.15, -0.1) is 24.0 Å². The lowest BCUT2D eigenvalue weighted by Crippen LogP contribution is -2.39. The molecule has 2 N–H and O–H groups in total. The van der Waals surface area contributed by atoms with E-state index in [1.165, 1.54) is 11.1 Å². The topological polar surface area (TPSA) is 82.3 Å². The maximum atomic E-state index is 5.30. The third-order valence-electron chi connectivity index (χ3n) is 4.16. The lowest BCUT2D eigenvalue weighted by atomic mass is 10.1. The molecular formula is C19H25IN6O. The van der Waals surface area contributed by atoms with E-state index in [2.05, 4.69) is 61.6 Å². The molecule has 7 nitrogen and oxygen atoms in total. The van der Waals surface area contributed by atoms with Gasteiger partial charge in [0.15, 0.2) is 11.7 Å². The normalized spacial score (nSPS) is 11.1. The van der Waals surface area contributed by atoms with Gasteiger partial charge in [-0.25, -0.2) is 4.98 Å². The van der Waals surface area contributed by atoms with Crippen LogP contribution in [0.1, 0.15) is 17.0 Å². The third kappa shape index (κ3) is 5.56. The van der Waals surface area contributed by atoms with Crippen LogP contribution in [-0.4, -0.2) is 46.7 Å². The summed E-state index contributed by atoms with van der Waals surface area (Å²) in [6, 6.07) is 12.0. The van der Waals surface area contributed by atoms with Crippen LogP contribution in [-0.2, 0) is 13.0 Å². The molecule has 27 heavy (non-hydrogen) atoms. The lowest BCUT2D eigenvalue weighted by Gasteiger charge is -2.22. The molecule has 0 saturated heterocycles. The highest BCUT2D eigenvalue weighted by Crippen LogP contribution is 2.14. The van der Waals surface area contributed by atoms with Gasteiger partial charge in [0.1, 0.15) is 5.82 Å². The Bertz CT molecular complexity index is 859. The largest absolute Gasteiger partial charge is 0.461 e. The minimum Gasteiger partial charge on any atom is -0.461 e. The van der Waals surface area contributed by atoms with E-state index in [4.69, 9.17) is 4.42 Å². The Morgan fingerprint density at radius 1 is 1.26 bits per heavy atom. The van der Waals surface area contributed by atoms with Gasteiger partial charge in [0, 0.05) is 33.6 Å². The lowest BCUT2D eigenvalue weighted by molar-refractivity contribution is 0.475. The molecule has 0 aliphatic carbocycles. The molecule has 0 amide bonds. The zero-order valence-corrected chi connectivity index (χ0v) is 18.1. The van der Waals surface area contributed by atoms with Crippen LogP contribution in [0.3, 0.4) is 0 Å². The standard InChI is InChI=1S/C19H24N6O.HI/c1-14-7-4-5-8-15(14)13-25(3)19(20-2)21-11-10-17-22-18(24-23-17)16-9-6-12-26-16;/h4-9,12H,10-11,13H2,1-3H3,(H,20,21)(H,22,23,24);1H. The Morgan fingerprint density at radius 2 is 2.07 bits per heavy atom. The fourth-order valence-electron chi connectivity index (χ4n) is 2.72. The van der Waals surface area contributed by atoms with Crippen LogP contribution in [0.4, 0.5) is 0 Å². The number of aromatic amines is 1. The van der Waals surface area contributed by atoms with Crippen molar-refractivity contribution in [1.29, 1.82) is 0 Å². The molecule has 3 rings (SSSR count). The van der Waals surface area contributed by atoms with Crippen molar-refractivity contribution in [3.63, 3.8) is 0 Å². The third-order valence-corrected chi connectivity index (χ3v) is 4.16. The first-order valence-corrected chi connectivity index (χ1v) is 8.59. The van der Waals surface area contributed by atoms with Crippen molar-refractivity contribution in [3.8, 4) is 11.6 Å². The van der Waals surface area contributed by atoms with E-state index in [0.717, 1.165) is 18.3 Å². The van der Waals surface area contributed by atoms with Crippen molar-refractivity contribution < 1.29 is 4.42 Å². The molecule has 2 heterocycles. The summed E-state index contributed by atoms with van der Waals surface area (Å²) in [5.41, 5.74) is 2.57. The van der Waals surface area contributed by atoms with E-state index in [9.17, 15) is 0 Å². The van der Waals surface area contributed by atoms with Gasteiger partial charge in [0.2, 0.25) is 5.82 Å². The molecule has 0 radical (unpaired) electrons. The number of nitrogens with one attached hydrogen (secondary N) is 2. The molecule has 144 valence electrons. The molecule has 0 fully saturated rings. The van der Waals surface area contributed by atoms with E-state index >= 15 is 0 Å². The highest BCUT2D eigenvalue weighted by molar-refractivity contribution is 14.0. The number of hydrogen-bond acceptors (Lipinski definition) is 4. The molecule has 2 aromatic heterocycles. The monoisotopic (exact) mass is 480 g/mol. The van der Waals surface area contributed by atoms with Crippen LogP contribution in [0.2, 0.25) is 0 Å². The number of rotatable bonds is 6. The second kappa shape index (κ2) is 10.1. The predicted molar refractivity (Wildman–Crippen MR) is 117 cm³/mol. The Labute approximate surface area is 176 Å². The van der Waals surface area contributed by atoms with Gasteiger partial charge in [-0.3, -0.25) is 10.1 Å². The number of aromatic nitrogens is 3. The van der Waals surface area contributed by atoms with Crippen LogP contribution in [0.5, 0.6) is 0 Å². The Hall–Kier alpha value is -2.36. The summed E-state index contributed by atoms with van der Waals surface area (Å²) < 4.78 is 5.30. The number of benzene rings is 1. The number of H-pyrrole nitrogens is 1. The van der Waals surface area contributed by atoms with Gasteiger partial charge in [0.25, 0.3) is 0 Å². The highest BCUT2D eigenvalue weighted by Gasteiger charge is 2.10. The van der Waals surface area contributed by atoms with Crippen molar-refractivity contribution in [3.05, 3.63) is 59.6 Å². The van der Waals surface area contributed by atoms with Crippen LogP contribution in [0, 0.1) is 6.92 Å². The maximum absolute atomic E-state index is 5.30. The summed E-state index contributed by atoms with van der Waals surface area (Å²) in [5, 5.41) is 10.5. The number of guanidine groups is 1. The van der Waals surface area contributed by atoms with Gasteiger partial charge in [0.05, 0.1) is 6.26 Å². The summed E-state index contributed by atoms with van der Waals surface area (Å²) in [7, 11) is 3.82. The van der Waals surface area contributed by atoms with E-state index in [1.807, 2.05) is 19.2 Å². The summed E-state index contributed by atoms with van der Waals surface area (Å²) in [6.07, 6.45) is 2.33. The van der Waals surface area contributed by atoms with Gasteiger partial charge in [-0.05, 0) is 30.2 Å². The molecule has 3 aromatic rings. The smallest absolute Gasteiger partial charge is 0.216 e. The first-order chi connectivity index (χ1) is 12.7. The SMILES string of the molecule is CN=C(NCCc1nc(-c2ccco2)n[nH]1)N(C)Cc1ccccc1C.I. The zero-order valence-electron chi connectivity index (χ0n) is 15.8. The summed E-state index contributed by atoms with van der Waals surface area (Å²) >= 11 is 0. The summed E-state index contributed by atoms with van der Waals surface area (Å²) in [6.45, 7) is 3.63. The van der Waals surface area contributed by atoms with E-state index in [-0.39, 0.29) is 24.0 Å². The first kappa shape index (κ1) is 20.9. The molecule has 0 spiro atoms. The Balaban J connectivity index is 0.00000261. The van der Waals surface area contributed by atoms with E-state index in [0.29, 0.717) is 24.6 Å². The minimum absolute atomic E-state index is 0. The number of nitrogens with zero attached hydrogens (tertiary/aromatic N) is 4. The fourth-order valence-corrected chi connectivity index (χ4v) is 2.72. The molecule has 0 saturated carbocycles. The molecule has 8 heteroatoms. The number of aryl methyl sites for hydroxylation is 1. The van der Waals surface area contributed by atoms with Crippen LogP contribution >= 0.6 is 24.0 Å². The number of aliphatic imine (C=N–C) groups is 1. The quantitative estimate of drug-likeness (QED) is 0.322. The Kier molecular flexibility index (Phi) is 7.83. The van der Waals surface area contributed by atoms with E-state index < -0.39 is 0 Å². The molecule has 0 bridgehead atoms. The van der Waals surface area contributed by atoms with Gasteiger partial charge in [-0.2, -0.15) is 5.10 Å². The Morgan fingerprint density at radius 3 is 2.78 bits per heavy atom. The fraction of sp³-hybridized carbons (Fsp3) is 0.316. The van der Waals surface area contributed by atoms with Gasteiger partial charge >= 0.3 is 0 Å². The van der Waals surface area contributed by atoms with Crippen molar-refractivity contribution in [2.75, 3.05) is 20.6 Å². The zero-order chi connectivity index (χ0) is 18.4. The molecular weight excluding hydrogens is 455 g/mol. The number of hydrogen-bond donors (Lipinski definition) is 2. The summed E-state index contributed by atoms with van der Waals surface area (Å²) in [4.78, 5) is 10.9. The van der Waals surface area contributed by atoms with E-state index in [1.54, 1.807) is 13.3 Å². The maximum Gasteiger partial charge on any atom is 0.216 e. The first-order valence-electron chi connectivity index (χ1n) is 8.59. The molecule has 1 aromatic carbocycles. The second-order valence-electron chi connectivity index (χ2n) is 6.09. The second-order valence-corrected chi connectivity index (χ2v) is 6.09. The van der Waals surface area contributed by atoms with Crippen molar-refractivity contribution >= 4 is 29.9 Å². The van der Waals surface area contributed by atoms with Crippen LogP contribution in [0.15, 0.2) is 52.1 Å². The van der Waals surface area contributed by atoms with Crippen molar-refractivity contribution in [1.82, 2.24) is 25.4 Å². The number of furan rings is 1. The van der Waals surface area contributed by atoms with Crippen molar-refractivity contribution in [2.24, 2.45) is 4.99 Å². The highest BCUT2D eigenvalue weighted by atomic mass is 127. The van der Waals surface area contributed by atoms with Gasteiger partial charge < -0.3 is 14.6 Å². The predicted octanol–water partition coefficient (Wildman–Crippen LogP) is 3.24. The van der Waals surface area contributed by atoms with Crippen LogP contribution < -0.4 is 5.32 Å². The van der Waals surface area contributed by atoms with Gasteiger partial charge in [-0.1, -0.05) is 24.3 Å². The minimum atomic E-state index is 0. The average molecular weight is 480 g/mol. The summed E-state index contributed by atoms with van der Waals surface area (Å²) in [5.74, 6) is 2.89. The molecule has 0 unspecified atom stereocenters. The van der Waals surface area contributed by atoms with Crippen LogP contribution in [0.25, 0.3) is 11.6 Å². The molecule has 0 aliphatic rings.